The fourth-order valence-corrected chi connectivity index (χ4v) is 2.77. The number of nitrogens with zero attached hydrogens (tertiary/aromatic N) is 2. The van der Waals surface area contributed by atoms with Crippen molar-refractivity contribution < 1.29 is 23.8 Å². The number of anilines is 1. The van der Waals surface area contributed by atoms with E-state index in [1.807, 2.05) is 19.9 Å². The van der Waals surface area contributed by atoms with Gasteiger partial charge in [-0.15, -0.1) is 0 Å². The van der Waals surface area contributed by atoms with Crippen LogP contribution in [0, 0.1) is 13.8 Å². The number of hydrogen-bond acceptors (Lipinski definition) is 6. The van der Waals surface area contributed by atoms with Crippen LogP contribution >= 0.6 is 0 Å². The Bertz CT molecular complexity index is 846. The fraction of sp³-hybridized carbons (Fsp3) is 0.421. The van der Waals surface area contributed by atoms with Gasteiger partial charge in [-0.25, -0.2) is 0 Å². The molecule has 1 aliphatic rings. The molecule has 144 valence electrons. The van der Waals surface area contributed by atoms with Crippen LogP contribution in [0.25, 0.3) is 0 Å². The molecule has 1 aromatic heterocycles. The van der Waals surface area contributed by atoms with E-state index in [0.717, 1.165) is 11.4 Å². The molecule has 8 nitrogen and oxygen atoms in total. The van der Waals surface area contributed by atoms with Gasteiger partial charge in [0.05, 0.1) is 18.7 Å². The van der Waals surface area contributed by atoms with Gasteiger partial charge in [0.1, 0.15) is 13.2 Å². The minimum absolute atomic E-state index is 0.142. The standard InChI is InChI=1S/C19H23N3O5/c1-12-10-13(2)22(21-12)7-6-18(23)27-14(3)19(24)20-15-4-5-16-17(11-15)26-9-8-25-16/h4-5,10-11,14H,6-9H2,1-3H3,(H,20,24). The summed E-state index contributed by atoms with van der Waals surface area (Å²) in [5.41, 5.74) is 2.42. The SMILES string of the molecule is Cc1cc(C)n(CCC(=O)OC(C)C(=O)Nc2ccc3c(c2)OCCO3)n1. The molecule has 1 aromatic carbocycles. The average molecular weight is 373 g/mol. The Morgan fingerprint density at radius 3 is 2.67 bits per heavy atom. The molecule has 2 heterocycles. The first-order valence-electron chi connectivity index (χ1n) is 8.83. The number of aromatic nitrogens is 2. The van der Waals surface area contributed by atoms with E-state index in [9.17, 15) is 9.59 Å². The van der Waals surface area contributed by atoms with Gasteiger partial charge in [-0.2, -0.15) is 5.10 Å². The summed E-state index contributed by atoms with van der Waals surface area (Å²) < 4.78 is 17.9. The Balaban J connectivity index is 1.49. The van der Waals surface area contributed by atoms with Gasteiger partial charge in [0.2, 0.25) is 0 Å². The highest BCUT2D eigenvalue weighted by Crippen LogP contribution is 2.32. The third-order valence-corrected chi connectivity index (χ3v) is 4.12. The minimum Gasteiger partial charge on any atom is -0.486 e. The zero-order valence-electron chi connectivity index (χ0n) is 15.7. The number of rotatable bonds is 6. The highest BCUT2D eigenvalue weighted by atomic mass is 16.6. The molecule has 1 unspecified atom stereocenters. The van der Waals surface area contributed by atoms with Crippen LogP contribution in [0.2, 0.25) is 0 Å². The first-order chi connectivity index (χ1) is 12.9. The summed E-state index contributed by atoms with van der Waals surface area (Å²) in [5, 5.41) is 7.01. The molecular formula is C19H23N3O5. The summed E-state index contributed by atoms with van der Waals surface area (Å²) in [4.78, 5) is 24.3. The van der Waals surface area contributed by atoms with Crippen molar-refractivity contribution in [3.05, 3.63) is 35.7 Å². The Kier molecular flexibility index (Phi) is 5.63. The molecule has 0 aliphatic carbocycles. The summed E-state index contributed by atoms with van der Waals surface area (Å²) in [7, 11) is 0. The van der Waals surface area contributed by atoms with Gasteiger partial charge in [0.15, 0.2) is 17.6 Å². The minimum atomic E-state index is -0.911. The lowest BCUT2D eigenvalue weighted by atomic mass is 10.2. The van der Waals surface area contributed by atoms with Gasteiger partial charge < -0.3 is 19.5 Å². The molecule has 0 saturated carbocycles. The second-order valence-electron chi connectivity index (χ2n) is 6.38. The van der Waals surface area contributed by atoms with Crippen LogP contribution < -0.4 is 14.8 Å². The van der Waals surface area contributed by atoms with Crippen molar-refractivity contribution in [1.29, 1.82) is 0 Å². The lowest BCUT2D eigenvalue weighted by Crippen LogP contribution is -2.30. The van der Waals surface area contributed by atoms with E-state index in [1.54, 1.807) is 22.9 Å². The molecular weight excluding hydrogens is 350 g/mol. The summed E-state index contributed by atoms with van der Waals surface area (Å²) >= 11 is 0. The maximum absolute atomic E-state index is 12.3. The topological polar surface area (TPSA) is 91.7 Å². The quantitative estimate of drug-likeness (QED) is 0.781. The molecule has 1 atom stereocenters. The van der Waals surface area contributed by atoms with Crippen molar-refractivity contribution in [2.24, 2.45) is 0 Å². The number of carbonyl (C=O) groups excluding carboxylic acids is 2. The van der Waals surface area contributed by atoms with Gasteiger partial charge in [-0.3, -0.25) is 14.3 Å². The largest absolute Gasteiger partial charge is 0.486 e. The van der Waals surface area contributed by atoms with Crippen molar-refractivity contribution in [3.8, 4) is 11.5 Å². The Hall–Kier alpha value is -3.03. The molecule has 0 bridgehead atoms. The van der Waals surface area contributed by atoms with Crippen molar-refractivity contribution in [2.75, 3.05) is 18.5 Å². The number of esters is 1. The normalized spacial score (nSPS) is 13.7. The Morgan fingerprint density at radius 2 is 1.96 bits per heavy atom. The molecule has 0 fully saturated rings. The van der Waals surface area contributed by atoms with Crippen LogP contribution in [0.5, 0.6) is 11.5 Å². The second-order valence-corrected chi connectivity index (χ2v) is 6.38. The van der Waals surface area contributed by atoms with Gasteiger partial charge in [0.25, 0.3) is 5.91 Å². The number of amides is 1. The smallest absolute Gasteiger partial charge is 0.308 e. The van der Waals surface area contributed by atoms with Gasteiger partial charge in [-0.1, -0.05) is 0 Å². The number of benzene rings is 1. The van der Waals surface area contributed by atoms with Crippen LogP contribution in [0.1, 0.15) is 24.7 Å². The summed E-state index contributed by atoms with van der Waals surface area (Å²) in [6.45, 7) is 6.74. The zero-order valence-corrected chi connectivity index (χ0v) is 15.7. The summed E-state index contributed by atoms with van der Waals surface area (Å²) in [6, 6.07) is 7.07. The average Bonchev–Trinajstić information content (AvgIpc) is 2.97. The van der Waals surface area contributed by atoms with Crippen LogP contribution in [0.4, 0.5) is 5.69 Å². The maximum Gasteiger partial charge on any atom is 0.308 e. The zero-order chi connectivity index (χ0) is 19.4. The molecule has 0 spiro atoms. The third-order valence-electron chi connectivity index (χ3n) is 4.12. The van der Waals surface area contributed by atoms with Crippen LogP contribution in [0.3, 0.4) is 0 Å². The number of aryl methyl sites for hydroxylation is 3. The maximum atomic E-state index is 12.3. The highest BCUT2D eigenvalue weighted by Gasteiger charge is 2.19. The molecule has 27 heavy (non-hydrogen) atoms. The number of nitrogens with one attached hydrogen (secondary N) is 1. The van der Waals surface area contributed by atoms with Crippen molar-refractivity contribution in [1.82, 2.24) is 9.78 Å². The molecule has 1 N–H and O–H groups in total. The molecule has 8 heteroatoms. The van der Waals surface area contributed by atoms with E-state index < -0.39 is 18.0 Å². The molecule has 3 rings (SSSR count). The predicted octanol–water partition coefficient (Wildman–Crippen LogP) is 2.23. The van der Waals surface area contributed by atoms with Crippen LogP contribution in [-0.2, 0) is 20.9 Å². The Morgan fingerprint density at radius 1 is 1.22 bits per heavy atom. The highest BCUT2D eigenvalue weighted by molar-refractivity contribution is 5.95. The molecule has 0 radical (unpaired) electrons. The van der Waals surface area contributed by atoms with Crippen LogP contribution in [-0.4, -0.2) is 41.0 Å². The van der Waals surface area contributed by atoms with Crippen molar-refractivity contribution >= 4 is 17.6 Å². The molecule has 2 aromatic rings. The van der Waals surface area contributed by atoms with E-state index >= 15 is 0 Å². The Labute approximate surface area is 157 Å². The second kappa shape index (κ2) is 8.11. The predicted molar refractivity (Wildman–Crippen MR) is 97.9 cm³/mol. The van der Waals surface area contributed by atoms with E-state index in [1.165, 1.54) is 6.92 Å². The first kappa shape index (κ1) is 18.8. The van der Waals surface area contributed by atoms with E-state index in [2.05, 4.69) is 10.4 Å². The number of fused-ring (bicyclic) bond motifs is 1. The monoisotopic (exact) mass is 373 g/mol. The number of carbonyl (C=O) groups is 2. The summed E-state index contributed by atoms with van der Waals surface area (Å²) in [6.07, 6.45) is -0.769. The van der Waals surface area contributed by atoms with Gasteiger partial charge >= 0.3 is 5.97 Å². The fourth-order valence-electron chi connectivity index (χ4n) is 2.77. The van der Waals surface area contributed by atoms with E-state index in [0.29, 0.717) is 36.9 Å². The summed E-state index contributed by atoms with van der Waals surface area (Å²) in [5.74, 6) is 0.356. The van der Waals surface area contributed by atoms with E-state index in [4.69, 9.17) is 14.2 Å². The lowest BCUT2D eigenvalue weighted by molar-refractivity contribution is -0.153. The first-order valence-corrected chi connectivity index (χ1v) is 8.83. The molecule has 0 saturated heterocycles. The molecule has 1 aliphatic heterocycles. The third kappa shape index (κ3) is 4.78. The van der Waals surface area contributed by atoms with Crippen LogP contribution in [0.15, 0.2) is 24.3 Å². The number of ether oxygens (including phenoxy) is 3. The van der Waals surface area contributed by atoms with Crippen molar-refractivity contribution in [3.63, 3.8) is 0 Å². The van der Waals surface area contributed by atoms with Crippen molar-refractivity contribution in [2.45, 2.75) is 39.8 Å². The van der Waals surface area contributed by atoms with Gasteiger partial charge in [-0.05, 0) is 39.0 Å². The molecule has 1 amide bonds. The lowest BCUT2D eigenvalue weighted by Gasteiger charge is -2.19. The number of hydrogen-bond donors (Lipinski definition) is 1. The van der Waals surface area contributed by atoms with E-state index in [-0.39, 0.29) is 6.42 Å². The van der Waals surface area contributed by atoms with Gasteiger partial charge in [0, 0.05) is 17.4 Å².